The minimum Gasteiger partial charge on any atom is -0.394 e. The Morgan fingerprint density at radius 2 is 2.00 bits per heavy atom. The predicted octanol–water partition coefficient (Wildman–Crippen LogP) is 2.77. The SMILES string of the molecule is CC(C)[C@H](CO)Nc1nc(NCCC2CCNCC2)cc(-c2ccccn2)n1. The summed E-state index contributed by atoms with van der Waals surface area (Å²) in [5, 5.41) is 19.8. The Balaban J connectivity index is 1.74. The van der Waals surface area contributed by atoms with Crippen molar-refractivity contribution in [2.75, 3.05) is 36.9 Å². The van der Waals surface area contributed by atoms with Gasteiger partial charge in [0.25, 0.3) is 0 Å². The first-order valence-electron chi connectivity index (χ1n) is 10.3. The molecule has 0 radical (unpaired) electrons. The van der Waals surface area contributed by atoms with E-state index < -0.39 is 0 Å². The second-order valence-corrected chi connectivity index (χ2v) is 7.76. The largest absolute Gasteiger partial charge is 0.394 e. The Labute approximate surface area is 167 Å². The van der Waals surface area contributed by atoms with Crippen LogP contribution in [0.4, 0.5) is 11.8 Å². The van der Waals surface area contributed by atoms with Gasteiger partial charge in [0.2, 0.25) is 5.95 Å². The number of rotatable bonds is 9. The van der Waals surface area contributed by atoms with Gasteiger partial charge in [-0.05, 0) is 56.3 Å². The normalized spacial score (nSPS) is 16.1. The average molecular weight is 385 g/mol. The van der Waals surface area contributed by atoms with Gasteiger partial charge < -0.3 is 21.1 Å². The third-order valence-corrected chi connectivity index (χ3v) is 5.29. The number of hydrogen-bond acceptors (Lipinski definition) is 7. The summed E-state index contributed by atoms with van der Waals surface area (Å²) < 4.78 is 0. The van der Waals surface area contributed by atoms with Gasteiger partial charge in [-0.3, -0.25) is 4.98 Å². The molecule has 152 valence electrons. The van der Waals surface area contributed by atoms with Gasteiger partial charge >= 0.3 is 0 Å². The van der Waals surface area contributed by atoms with Crippen LogP contribution in [0.2, 0.25) is 0 Å². The fourth-order valence-electron chi connectivity index (χ4n) is 3.41. The van der Waals surface area contributed by atoms with Crippen LogP contribution in [0, 0.1) is 11.8 Å². The highest BCUT2D eigenvalue weighted by atomic mass is 16.3. The van der Waals surface area contributed by atoms with Gasteiger partial charge in [-0.15, -0.1) is 0 Å². The van der Waals surface area contributed by atoms with E-state index in [9.17, 15) is 5.11 Å². The number of nitrogens with zero attached hydrogens (tertiary/aromatic N) is 3. The lowest BCUT2D eigenvalue weighted by atomic mass is 9.95. The smallest absolute Gasteiger partial charge is 0.225 e. The number of aromatic nitrogens is 3. The molecule has 0 aliphatic carbocycles. The van der Waals surface area contributed by atoms with E-state index in [0.29, 0.717) is 5.95 Å². The molecule has 3 rings (SSSR count). The topological polar surface area (TPSA) is 95.0 Å². The van der Waals surface area contributed by atoms with Crippen molar-refractivity contribution < 1.29 is 5.11 Å². The molecule has 4 N–H and O–H groups in total. The van der Waals surface area contributed by atoms with Crippen LogP contribution in [0.3, 0.4) is 0 Å². The van der Waals surface area contributed by atoms with Gasteiger partial charge in [0, 0.05) is 18.8 Å². The quantitative estimate of drug-likeness (QED) is 0.528. The molecule has 28 heavy (non-hydrogen) atoms. The Hall–Kier alpha value is -2.25. The summed E-state index contributed by atoms with van der Waals surface area (Å²) in [4.78, 5) is 13.7. The summed E-state index contributed by atoms with van der Waals surface area (Å²) in [6, 6.07) is 7.63. The van der Waals surface area contributed by atoms with E-state index in [1.807, 2.05) is 24.3 Å². The molecular formula is C21H32N6O. The summed E-state index contributed by atoms with van der Waals surface area (Å²) in [7, 11) is 0. The van der Waals surface area contributed by atoms with Crippen LogP contribution in [0.1, 0.15) is 33.1 Å². The van der Waals surface area contributed by atoms with Crippen LogP contribution in [-0.4, -0.2) is 52.3 Å². The molecule has 2 aromatic rings. The second-order valence-electron chi connectivity index (χ2n) is 7.76. The van der Waals surface area contributed by atoms with Crippen LogP contribution in [0.15, 0.2) is 30.5 Å². The molecule has 0 bridgehead atoms. The molecule has 7 heteroatoms. The third-order valence-electron chi connectivity index (χ3n) is 5.29. The summed E-state index contributed by atoms with van der Waals surface area (Å²) in [6.07, 6.45) is 5.38. The number of piperidine rings is 1. The molecule has 1 aliphatic rings. The van der Waals surface area contributed by atoms with Gasteiger partial charge in [-0.1, -0.05) is 19.9 Å². The molecule has 0 amide bonds. The average Bonchev–Trinajstić information content (AvgIpc) is 2.73. The zero-order valence-corrected chi connectivity index (χ0v) is 16.9. The zero-order chi connectivity index (χ0) is 19.8. The van der Waals surface area contributed by atoms with Crippen LogP contribution >= 0.6 is 0 Å². The highest BCUT2D eigenvalue weighted by Gasteiger charge is 2.16. The lowest BCUT2D eigenvalue weighted by molar-refractivity contribution is 0.248. The molecule has 0 unspecified atom stereocenters. The second kappa shape index (κ2) is 10.3. The summed E-state index contributed by atoms with van der Waals surface area (Å²) >= 11 is 0. The van der Waals surface area contributed by atoms with Crippen molar-refractivity contribution in [3.63, 3.8) is 0 Å². The highest BCUT2D eigenvalue weighted by molar-refractivity contribution is 5.61. The number of aliphatic hydroxyl groups is 1. The summed E-state index contributed by atoms with van der Waals surface area (Å²) in [5.74, 6) is 2.33. The number of aliphatic hydroxyl groups excluding tert-OH is 1. The van der Waals surface area contributed by atoms with E-state index in [-0.39, 0.29) is 18.6 Å². The maximum Gasteiger partial charge on any atom is 0.225 e. The van der Waals surface area contributed by atoms with Crippen LogP contribution < -0.4 is 16.0 Å². The Bertz CT molecular complexity index is 718. The van der Waals surface area contributed by atoms with E-state index in [4.69, 9.17) is 0 Å². The first kappa shape index (κ1) is 20.5. The van der Waals surface area contributed by atoms with Gasteiger partial charge in [-0.2, -0.15) is 4.98 Å². The number of anilines is 2. The molecule has 1 atom stereocenters. The number of hydrogen-bond donors (Lipinski definition) is 4. The van der Waals surface area contributed by atoms with Crippen molar-refractivity contribution in [1.82, 2.24) is 20.3 Å². The van der Waals surface area contributed by atoms with Crippen molar-refractivity contribution in [2.24, 2.45) is 11.8 Å². The molecule has 0 spiro atoms. The lowest BCUT2D eigenvalue weighted by Crippen LogP contribution is -2.30. The van der Waals surface area contributed by atoms with Crippen molar-refractivity contribution in [2.45, 2.75) is 39.2 Å². The molecule has 0 aromatic carbocycles. The summed E-state index contributed by atoms with van der Waals surface area (Å²) in [5.41, 5.74) is 1.57. The highest BCUT2D eigenvalue weighted by Crippen LogP contribution is 2.21. The lowest BCUT2D eigenvalue weighted by Gasteiger charge is -2.23. The Morgan fingerprint density at radius 1 is 1.18 bits per heavy atom. The maximum atomic E-state index is 9.65. The van der Waals surface area contributed by atoms with Crippen LogP contribution in [0.25, 0.3) is 11.4 Å². The standard InChI is InChI=1S/C21H32N6O/c1-15(2)19(14-28)26-21-25-18(17-5-3-4-9-23-17)13-20(27-21)24-12-8-16-6-10-22-11-7-16/h3-5,9,13,15-16,19,22,28H,6-8,10-12,14H2,1-2H3,(H2,24,25,26,27)/t19-/m0/s1. The third kappa shape index (κ3) is 5.87. The fraction of sp³-hybridized carbons (Fsp3) is 0.571. The fourth-order valence-corrected chi connectivity index (χ4v) is 3.41. The minimum atomic E-state index is -0.0958. The van der Waals surface area contributed by atoms with Crippen LogP contribution in [0.5, 0.6) is 0 Å². The van der Waals surface area contributed by atoms with Crippen molar-refractivity contribution in [3.05, 3.63) is 30.5 Å². The van der Waals surface area contributed by atoms with Crippen molar-refractivity contribution >= 4 is 11.8 Å². The molecule has 1 fully saturated rings. The van der Waals surface area contributed by atoms with Gasteiger partial charge in [-0.25, -0.2) is 4.98 Å². The van der Waals surface area contributed by atoms with Crippen molar-refractivity contribution in [1.29, 1.82) is 0 Å². The van der Waals surface area contributed by atoms with E-state index >= 15 is 0 Å². The van der Waals surface area contributed by atoms with E-state index in [2.05, 4.69) is 44.7 Å². The van der Waals surface area contributed by atoms with E-state index in [0.717, 1.165) is 49.2 Å². The molecule has 0 saturated carbocycles. The summed E-state index contributed by atoms with van der Waals surface area (Å²) in [6.45, 7) is 7.29. The Kier molecular flexibility index (Phi) is 7.56. The zero-order valence-electron chi connectivity index (χ0n) is 16.9. The Morgan fingerprint density at radius 3 is 2.68 bits per heavy atom. The molecule has 2 aromatic heterocycles. The number of nitrogens with one attached hydrogen (secondary N) is 3. The monoisotopic (exact) mass is 384 g/mol. The molecule has 7 nitrogen and oxygen atoms in total. The van der Waals surface area contributed by atoms with Gasteiger partial charge in [0.15, 0.2) is 0 Å². The first-order chi connectivity index (χ1) is 13.7. The molecule has 3 heterocycles. The predicted molar refractivity (Wildman–Crippen MR) is 113 cm³/mol. The maximum absolute atomic E-state index is 9.65. The van der Waals surface area contributed by atoms with E-state index in [1.165, 1.54) is 12.8 Å². The molecule has 1 aliphatic heterocycles. The minimum absolute atomic E-state index is 0.0350. The van der Waals surface area contributed by atoms with Crippen LogP contribution in [-0.2, 0) is 0 Å². The van der Waals surface area contributed by atoms with E-state index in [1.54, 1.807) is 6.20 Å². The van der Waals surface area contributed by atoms with Gasteiger partial charge in [0.1, 0.15) is 5.82 Å². The molecule has 1 saturated heterocycles. The van der Waals surface area contributed by atoms with Crippen molar-refractivity contribution in [3.8, 4) is 11.4 Å². The number of pyridine rings is 1. The molecular weight excluding hydrogens is 352 g/mol. The first-order valence-corrected chi connectivity index (χ1v) is 10.3. The van der Waals surface area contributed by atoms with Gasteiger partial charge in [0.05, 0.1) is 24.0 Å².